The summed E-state index contributed by atoms with van der Waals surface area (Å²) in [6.07, 6.45) is 6.65. The Hall–Kier alpha value is -2.86. The van der Waals surface area contributed by atoms with Gasteiger partial charge in [-0.2, -0.15) is 5.10 Å². The van der Waals surface area contributed by atoms with Crippen molar-refractivity contribution in [3.05, 3.63) is 70.8 Å². The first-order chi connectivity index (χ1) is 14.4. The zero-order valence-corrected chi connectivity index (χ0v) is 18.4. The van der Waals surface area contributed by atoms with Crippen LogP contribution >= 0.6 is 0 Å². The molecule has 0 aliphatic carbocycles. The molecule has 0 spiro atoms. The third-order valence-corrected chi connectivity index (χ3v) is 5.84. The number of aromatic nitrogens is 3. The Morgan fingerprint density at radius 2 is 1.80 bits per heavy atom. The highest BCUT2D eigenvalue weighted by atomic mass is 16.5. The fraction of sp³-hybridized carbons (Fsp3) is 0.417. The number of nitrogens with zero attached hydrogens (tertiary/aromatic N) is 3. The van der Waals surface area contributed by atoms with Gasteiger partial charge in [0, 0.05) is 42.2 Å². The van der Waals surface area contributed by atoms with Crippen molar-refractivity contribution in [2.75, 3.05) is 20.8 Å². The number of methoxy groups -OCH3 is 2. The summed E-state index contributed by atoms with van der Waals surface area (Å²) < 4.78 is 11.2. The monoisotopic (exact) mass is 406 g/mol. The lowest BCUT2D eigenvalue weighted by atomic mass is 9.86. The average Bonchev–Trinajstić information content (AvgIpc) is 3.22. The largest absolute Gasteiger partial charge is 0.493 e. The molecule has 0 saturated heterocycles. The van der Waals surface area contributed by atoms with Crippen LogP contribution < -0.4 is 9.47 Å². The number of H-pyrrole nitrogens is 1. The maximum absolute atomic E-state index is 5.62. The van der Waals surface area contributed by atoms with Crippen LogP contribution in [0.1, 0.15) is 54.8 Å². The Morgan fingerprint density at radius 1 is 1.10 bits per heavy atom. The van der Waals surface area contributed by atoms with Gasteiger partial charge in [0.25, 0.3) is 0 Å². The molecular formula is C24H30N4O2. The van der Waals surface area contributed by atoms with Gasteiger partial charge in [0.2, 0.25) is 0 Å². The number of nitrogens with one attached hydrogen (secondary N) is 1. The van der Waals surface area contributed by atoms with E-state index in [0.717, 1.165) is 31.0 Å². The molecule has 0 bridgehead atoms. The van der Waals surface area contributed by atoms with Crippen LogP contribution in [0.25, 0.3) is 0 Å². The van der Waals surface area contributed by atoms with E-state index in [-0.39, 0.29) is 11.5 Å². The van der Waals surface area contributed by atoms with Crippen molar-refractivity contribution in [1.29, 1.82) is 0 Å². The van der Waals surface area contributed by atoms with Crippen LogP contribution in [0.2, 0.25) is 0 Å². The summed E-state index contributed by atoms with van der Waals surface area (Å²) in [6, 6.07) is 8.57. The zero-order chi connectivity index (χ0) is 21.3. The fourth-order valence-electron chi connectivity index (χ4n) is 4.40. The molecule has 3 aromatic rings. The van der Waals surface area contributed by atoms with E-state index in [1.54, 1.807) is 14.2 Å². The van der Waals surface area contributed by atoms with Gasteiger partial charge >= 0.3 is 0 Å². The lowest BCUT2D eigenvalue weighted by molar-refractivity contribution is 0.202. The predicted molar refractivity (Wildman–Crippen MR) is 117 cm³/mol. The van der Waals surface area contributed by atoms with E-state index >= 15 is 0 Å². The summed E-state index contributed by atoms with van der Waals surface area (Å²) in [5.74, 6) is 1.54. The quantitative estimate of drug-likeness (QED) is 0.686. The number of fused-ring (bicyclic) bond motifs is 1. The second kappa shape index (κ2) is 8.11. The lowest BCUT2D eigenvalue weighted by Gasteiger charge is -2.38. The molecule has 158 valence electrons. The minimum absolute atomic E-state index is 0.0161. The summed E-state index contributed by atoms with van der Waals surface area (Å²) in [7, 11) is 3.38. The third kappa shape index (κ3) is 3.79. The molecule has 30 heavy (non-hydrogen) atoms. The Balaban J connectivity index is 1.78. The Bertz CT molecular complexity index is 1010. The summed E-state index contributed by atoms with van der Waals surface area (Å²) in [6.45, 7) is 8.42. The molecule has 0 amide bonds. The third-order valence-electron chi connectivity index (χ3n) is 5.84. The van der Waals surface area contributed by atoms with Crippen LogP contribution in [0.4, 0.5) is 0 Å². The van der Waals surface area contributed by atoms with Crippen LogP contribution in [0.3, 0.4) is 0 Å². The molecule has 1 N–H and O–H groups in total. The molecular weight excluding hydrogens is 376 g/mol. The number of pyridine rings is 1. The van der Waals surface area contributed by atoms with Crippen molar-refractivity contribution in [2.45, 2.75) is 45.2 Å². The average molecular weight is 407 g/mol. The second-order valence-electron chi connectivity index (χ2n) is 8.83. The maximum atomic E-state index is 5.62. The topological polar surface area (TPSA) is 63.3 Å². The number of hydrogen-bond acceptors (Lipinski definition) is 5. The second-order valence-corrected chi connectivity index (χ2v) is 8.83. The van der Waals surface area contributed by atoms with Gasteiger partial charge in [0.15, 0.2) is 11.5 Å². The molecule has 6 heteroatoms. The van der Waals surface area contributed by atoms with Gasteiger partial charge in [0.1, 0.15) is 0 Å². The molecule has 1 aliphatic rings. The Morgan fingerprint density at radius 3 is 2.47 bits per heavy atom. The summed E-state index contributed by atoms with van der Waals surface area (Å²) in [5, 5.41) is 7.57. The van der Waals surface area contributed by atoms with Gasteiger partial charge in [-0.05, 0) is 47.4 Å². The number of ether oxygens (including phenoxy) is 2. The van der Waals surface area contributed by atoms with E-state index in [1.807, 2.05) is 18.6 Å². The normalized spacial score (nSPS) is 16.9. The first-order valence-electron chi connectivity index (χ1n) is 10.3. The Labute approximate surface area is 178 Å². The molecule has 2 aromatic heterocycles. The summed E-state index contributed by atoms with van der Waals surface area (Å²) in [4.78, 5) is 6.74. The number of aromatic amines is 1. The highest BCUT2D eigenvalue weighted by Gasteiger charge is 2.32. The first-order valence-corrected chi connectivity index (χ1v) is 10.3. The minimum atomic E-state index is 0.0161. The van der Waals surface area contributed by atoms with Gasteiger partial charge in [-0.15, -0.1) is 0 Å². The molecule has 0 unspecified atom stereocenters. The molecule has 1 atom stereocenters. The van der Waals surface area contributed by atoms with Crippen molar-refractivity contribution in [3.8, 4) is 11.5 Å². The van der Waals surface area contributed by atoms with E-state index in [1.165, 1.54) is 27.9 Å². The predicted octanol–water partition coefficient (Wildman–Crippen LogP) is 4.27. The molecule has 1 aliphatic heterocycles. The highest BCUT2D eigenvalue weighted by molar-refractivity contribution is 5.51. The summed E-state index contributed by atoms with van der Waals surface area (Å²) >= 11 is 0. The van der Waals surface area contributed by atoms with Crippen molar-refractivity contribution in [2.24, 2.45) is 0 Å². The maximum Gasteiger partial charge on any atom is 0.161 e. The standard InChI is InChI=1S/C24H30N4O2/c1-24(2,3)23-18(14-26-27-23)15-28-11-8-17-12-20(29-4)21(30-5)13-19(17)22(28)16-6-9-25-10-7-16/h6-7,9-10,12-14,22H,8,11,15H2,1-5H3,(H,26,27)/t22-/m0/s1. The molecule has 0 fully saturated rings. The lowest BCUT2D eigenvalue weighted by Crippen LogP contribution is -2.36. The minimum Gasteiger partial charge on any atom is -0.493 e. The molecule has 1 aromatic carbocycles. The molecule has 6 nitrogen and oxygen atoms in total. The Kier molecular flexibility index (Phi) is 5.52. The van der Waals surface area contributed by atoms with Crippen LogP contribution in [-0.2, 0) is 18.4 Å². The molecule has 0 radical (unpaired) electrons. The van der Waals surface area contributed by atoms with Crippen molar-refractivity contribution in [3.63, 3.8) is 0 Å². The van der Waals surface area contributed by atoms with Crippen LogP contribution in [0.15, 0.2) is 42.9 Å². The molecule has 4 rings (SSSR count). The number of hydrogen-bond donors (Lipinski definition) is 1. The van der Waals surface area contributed by atoms with Gasteiger partial charge in [-0.1, -0.05) is 20.8 Å². The highest BCUT2D eigenvalue weighted by Crippen LogP contribution is 2.41. The van der Waals surface area contributed by atoms with E-state index < -0.39 is 0 Å². The van der Waals surface area contributed by atoms with Crippen LogP contribution in [0, 0.1) is 0 Å². The van der Waals surface area contributed by atoms with E-state index in [2.05, 4.69) is 65.1 Å². The summed E-state index contributed by atoms with van der Waals surface area (Å²) in [5.41, 5.74) is 6.22. The fourth-order valence-corrected chi connectivity index (χ4v) is 4.40. The number of benzene rings is 1. The molecule has 0 saturated carbocycles. The molecule has 3 heterocycles. The van der Waals surface area contributed by atoms with Gasteiger partial charge in [0.05, 0.1) is 26.5 Å². The number of rotatable bonds is 5. The van der Waals surface area contributed by atoms with Crippen LogP contribution in [-0.4, -0.2) is 40.8 Å². The van der Waals surface area contributed by atoms with E-state index in [9.17, 15) is 0 Å². The van der Waals surface area contributed by atoms with Gasteiger partial charge in [-0.25, -0.2) is 0 Å². The first kappa shape index (κ1) is 20.4. The van der Waals surface area contributed by atoms with Gasteiger partial charge in [-0.3, -0.25) is 15.0 Å². The van der Waals surface area contributed by atoms with Crippen LogP contribution in [0.5, 0.6) is 11.5 Å². The van der Waals surface area contributed by atoms with Gasteiger partial charge < -0.3 is 9.47 Å². The van der Waals surface area contributed by atoms with E-state index in [4.69, 9.17) is 9.47 Å². The SMILES string of the molecule is COc1cc2c(cc1OC)[C@H](c1ccncc1)N(Cc1cn[nH]c1C(C)(C)C)CC2. The smallest absolute Gasteiger partial charge is 0.161 e. The van der Waals surface area contributed by atoms with Crippen molar-refractivity contribution in [1.82, 2.24) is 20.1 Å². The van der Waals surface area contributed by atoms with Crippen molar-refractivity contribution >= 4 is 0 Å². The zero-order valence-electron chi connectivity index (χ0n) is 18.4. The van der Waals surface area contributed by atoms with Crippen molar-refractivity contribution < 1.29 is 9.47 Å². The van der Waals surface area contributed by atoms with E-state index in [0.29, 0.717) is 0 Å².